The number of hydrogen-bond donors (Lipinski definition) is 1. The van der Waals surface area contributed by atoms with Crippen LogP contribution in [0.15, 0.2) is 18.2 Å². The summed E-state index contributed by atoms with van der Waals surface area (Å²) < 4.78 is 0. The molecule has 100 valence electrons. The lowest BCUT2D eigenvalue weighted by Crippen LogP contribution is -2.43. The zero-order chi connectivity index (χ0) is 13.5. The van der Waals surface area contributed by atoms with Crippen molar-refractivity contribution in [2.45, 2.75) is 44.8 Å². The van der Waals surface area contributed by atoms with Crippen molar-refractivity contribution < 1.29 is 0 Å². The van der Waals surface area contributed by atoms with Crippen molar-refractivity contribution in [1.82, 2.24) is 4.90 Å². The first-order valence-electron chi connectivity index (χ1n) is 6.27. The molecule has 1 aliphatic rings. The molecule has 0 aliphatic carbocycles. The van der Waals surface area contributed by atoms with Crippen molar-refractivity contribution >= 4 is 23.2 Å². The molecule has 2 N–H and O–H groups in total. The van der Waals surface area contributed by atoms with Gasteiger partial charge in [0.05, 0.1) is 6.04 Å². The fourth-order valence-corrected chi connectivity index (χ4v) is 3.28. The number of nitrogens with two attached hydrogens (primary N) is 1. The standard InChI is InChI=1S/C14H20Cl2N2/c1-14(2,3)18-5-4-12(17)13(18)9-6-10(15)8-11(16)7-9/h6-8,12-13H,4-5,17H2,1-3H3. The van der Waals surface area contributed by atoms with Gasteiger partial charge in [0.25, 0.3) is 0 Å². The van der Waals surface area contributed by atoms with Crippen LogP contribution in [-0.4, -0.2) is 23.0 Å². The van der Waals surface area contributed by atoms with Crippen molar-refractivity contribution in [3.05, 3.63) is 33.8 Å². The van der Waals surface area contributed by atoms with Crippen molar-refractivity contribution in [2.24, 2.45) is 5.73 Å². The monoisotopic (exact) mass is 286 g/mol. The molecule has 0 radical (unpaired) electrons. The summed E-state index contributed by atoms with van der Waals surface area (Å²) in [4.78, 5) is 2.43. The van der Waals surface area contributed by atoms with Crippen LogP contribution in [0.1, 0.15) is 38.8 Å². The van der Waals surface area contributed by atoms with E-state index in [1.165, 1.54) is 0 Å². The molecule has 18 heavy (non-hydrogen) atoms. The van der Waals surface area contributed by atoms with E-state index in [2.05, 4.69) is 25.7 Å². The van der Waals surface area contributed by atoms with Gasteiger partial charge in [0.1, 0.15) is 0 Å². The summed E-state index contributed by atoms with van der Waals surface area (Å²) in [5.74, 6) is 0. The van der Waals surface area contributed by atoms with E-state index in [4.69, 9.17) is 28.9 Å². The Morgan fingerprint density at radius 1 is 1.17 bits per heavy atom. The number of benzene rings is 1. The summed E-state index contributed by atoms with van der Waals surface area (Å²) in [6.45, 7) is 7.65. The van der Waals surface area contributed by atoms with Crippen LogP contribution >= 0.6 is 23.2 Å². The van der Waals surface area contributed by atoms with Gasteiger partial charge < -0.3 is 5.73 Å². The van der Waals surface area contributed by atoms with Crippen molar-refractivity contribution in [3.63, 3.8) is 0 Å². The lowest BCUT2D eigenvalue weighted by atomic mass is 9.97. The maximum atomic E-state index is 6.27. The summed E-state index contributed by atoms with van der Waals surface area (Å²) in [7, 11) is 0. The third kappa shape index (κ3) is 2.83. The molecule has 2 rings (SSSR count). The van der Waals surface area contributed by atoms with Crippen molar-refractivity contribution in [3.8, 4) is 0 Å². The number of nitrogens with zero attached hydrogens (tertiary/aromatic N) is 1. The normalized spacial score (nSPS) is 25.7. The Hall–Kier alpha value is -0.280. The zero-order valence-corrected chi connectivity index (χ0v) is 12.6. The SMILES string of the molecule is CC(C)(C)N1CCC(N)C1c1cc(Cl)cc(Cl)c1. The molecule has 1 aromatic rings. The minimum Gasteiger partial charge on any atom is -0.326 e. The van der Waals surface area contributed by atoms with Crippen LogP contribution in [0.5, 0.6) is 0 Å². The van der Waals surface area contributed by atoms with Crippen LogP contribution in [0.4, 0.5) is 0 Å². The van der Waals surface area contributed by atoms with Gasteiger partial charge in [0, 0.05) is 28.2 Å². The summed E-state index contributed by atoms with van der Waals surface area (Å²) in [5, 5.41) is 1.34. The zero-order valence-electron chi connectivity index (χ0n) is 11.1. The third-order valence-electron chi connectivity index (χ3n) is 3.53. The van der Waals surface area contributed by atoms with Crippen LogP contribution in [0, 0.1) is 0 Å². The van der Waals surface area contributed by atoms with Gasteiger partial charge in [-0.05, 0) is 51.0 Å². The first kappa shape index (κ1) is 14.1. The highest BCUT2D eigenvalue weighted by molar-refractivity contribution is 6.34. The third-order valence-corrected chi connectivity index (χ3v) is 3.97. The number of hydrogen-bond acceptors (Lipinski definition) is 2. The van der Waals surface area contributed by atoms with Crippen molar-refractivity contribution in [2.75, 3.05) is 6.54 Å². The molecule has 1 saturated heterocycles. The van der Waals surface area contributed by atoms with E-state index in [1.54, 1.807) is 6.07 Å². The topological polar surface area (TPSA) is 29.3 Å². The minimum absolute atomic E-state index is 0.0909. The van der Waals surface area contributed by atoms with E-state index in [1.807, 2.05) is 12.1 Å². The van der Waals surface area contributed by atoms with Crippen LogP contribution < -0.4 is 5.73 Å². The maximum absolute atomic E-state index is 6.27. The minimum atomic E-state index is 0.0909. The Bertz CT molecular complexity index is 420. The number of likely N-dealkylation sites (tertiary alicyclic amines) is 1. The predicted octanol–water partition coefficient (Wildman–Crippen LogP) is 3.87. The lowest BCUT2D eigenvalue weighted by Gasteiger charge is -2.38. The Morgan fingerprint density at radius 3 is 2.22 bits per heavy atom. The van der Waals surface area contributed by atoms with Gasteiger partial charge >= 0.3 is 0 Å². The summed E-state index contributed by atoms with van der Waals surface area (Å²) in [6, 6.07) is 6.04. The van der Waals surface area contributed by atoms with Gasteiger partial charge in [-0.3, -0.25) is 4.90 Å². The Kier molecular flexibility index (Phi) is 3.93. The van der Waals surface area contributed by atoms with E-state index in [9.17, 15) is 0 Å². The van der Waals surface area contributed by atoms with E-state index < -0.39 is 0 Å². The van der Waals surface area contributed by atoms with Crippen LogP contribution in [0.25, 0.3) is 0 Å². The highest BCUT2D eigenvalue weighted by atomic mass is 35.5. The molecule has 1 aromatic carbocycles. The van der Waals surface area contributed by atoms with E-state index in [0.29, 0.717) is 10.0 Å². The molecule has 2 nitrogen and oxygen atoms in total. The van der Waals surface area contributed by atoms with Gasteiger partial charge in [0.15, 0.2) is 0 Å². The molecule has 0 aromatic heterocycles. The maximum Gasteiger partial charge on any atom is 0.0505 e. The number of rotatable bonds is 1. The molecule has 0 bridgehead atoms. The predicted molar refractivity (Wildman–Crippen MR) is 78.3 cm³/mol. The van der Waals surface area contributed by atoms with Crippen LogP contribution in [0.3, 0.4) is 0 Å². The molecule has 2 atom stereocenters. The molecule has 0 spiro atoms. The van der Waals surface area contributed by atoms with E-state index in [-0.39, 0.29) is 17.6 Å². The molecular formula is C14H20Cl2N2. The quantitative estimate of drug-likeness (QED) is 0.849. The smallest absolute Gasteiger partial charge is 0.0505 e. The average molecular weight is 287 g/mol. The lowest BCUT2D eigenvalue weighted by molar-refractivity contribution is 0.117. The molecule has 0 amide bonds. The van der Waals surface area contributed by atoms with Crippen molar-refractivity contribution in [1.29, 1.82) is 0 Å². The van der Waals surface area contributed by atoms with Gasteiger partial charge in [-0.25, -0.2) is 0 Å². The van der Waals surface area contributed by atoms with Gasteiger partial charge in [-0.2, -0.15) is 0 Å². The average Bonchev–Trinajstić information content (AvgIpc) is 2.57. The summed E-state index contributed by atoms with van der Waals surface area (Å²) in [5.41, 5.74) is 7.48. The first-order valence-corrected chi connectivity index (χ1v) is 7.03. The summed E-state index contributed by atoms with van der Waals surface area (Å²) >= 11 is 12.2. The second kappa shape index (κ2) is 5.01. The summed E-state index contributed by atoms with van der Waals surface area (Å²) in [6.07, 6.45) is 1.01. The molecular weight excluding hydrogens is 267 g/mol. The van der Waals surface area contributed by atoms with E-state index in [0.717, 1.165) is 18.5 Å². The second-order valence-corrected chi connectivity index (χ2v) is 6.84. The van der Waals surface area contributed by atoms with Crippen LogP contribution in [0.2, 0.25) is 10.0 Å². The molecule has 0 saturated carbocycles. The molecule has 1 aliphatic heterocycles. The second-order valence-electron chi connectivity index (χ2n) is 5.96. The van der Waals surface area contributed by atoms with Gasteiger partial charge in [0.2, 0.25) is 0 Å². The van der Waals surface area contributed by atoms with Gasteiger partial charge in [-0.1, -0.05) is 23.2 Å². The molecule has 1 heterocycles. The fourth-order valence-electron chi connectivity index (χ4n) is 2.74. The molecule has 4 heteroatoms. The van der Waals surface area contributed by atoms with E-state index >= 15 is 0 Å². The highest BCUT2D eigenvalue weighted by Crippen LogP contribution is 2.38. The Labute approximate surface area is 119 Å². The van der Waals surface area contributed by atoms with Crippen LogP contribution in [-0.2, 0) is 0 Å². The Balaban J connectivity index is 2.39. The largest absolute Gasteiger partial charge is 0.326 e. The highest BCUT2D eigenvalue weighted by Gasteiger charge is 2.38. The fraction of sp³-hybridized carbons (Fsp3) is 0.571. The Morgan fingerprint density at radius 2 is 1.72 bits per heavy atom. The number of halogens is 2. The first-order chi connectivity index (χ1) is 8.29. The molecule has 2 unspecified atom stereocenters. The molecule has 1 fully saturated rings. The van der Waals surface area contributed by atoms with Gasteiger partial charge in [-0.15, -0.1) is 0 Å².